The number of alkyl halides is 1. The third kappa shape index (κ3) is 3.60. The Morgan fingerprint density at radius 1 is 1.29 bits per heavy atom. The van der Waals surface area contributed by atoms with E-state index in [1.165, 1.54) is 14.0 Å². The summed E-state index contributed by atoms with van der Waals surface area (Å²) in [6, 6.07) is 10.2. The quantitative estimate of drug-likeness (QED) is 0.430. The van der Waals surface area contributed by atoms with Crippen LogP contribution in [0.15, 0.2) is 47.5 Å². The summed E-state index contributed by atoms with van der Waals surface area (Å²) in [6.45, 7) is 1.57. The van der Waals surface area contributed by atoms with E-state index in [2.05, 4.69) is 10.3 Å². The fourth-order valence-electron chi connectivity index (χ4n) is 4.26. The van der Waals surface area contributed by atoms with Gasteiger partial charge in [-0.1, -0.05) is 24.3 Å². The van der Waals surface area contributed by atoms with Crippen LogP contribution < -0.4 is 21.5 Å². The smallest absolute Gasteiger partial charge is 0.251 e. The van der Waals surface area contributed by atoms with Crippen LogP contribution in [-0.4, -0.2) is 42.9 Å². The SMILES string of the molecule is CO[C@H]1COc2ccc(C(=O)N[C@@H]3c4ccccc4C(C)(F)[C@H]3O)cc2[C@@H]1N=C(N)N. The average molecular weight is 428 g/mol. The second-order valence-corrected chi connectivity index (χ2v) is 7.90. The van der Waals surface area contributed by atoms with Crippen LogP contribution in [0, 0.1) is 0 Å². The number of carbonyl (C=O) groups excluding carboxylic acids is 1. The van der Waals surface area contributed by atoms with Crippen LogP contribution in [0.3, 0.4) is 0 Å². The zero-order valence-electron chi connectivity index (χ0n) is 17.2. The Hall–Kier alpha value is -3.17. The van der Waals surface area contributed by atoms with Crippen molar-refractivity contribution in [3.8, 4) is 5.75 Å². The Balaban J connectivity index is 1.65. The Bertz CT molecular complexity index is 1040. The summed E-state index contributed by atoms with van der Waals surface area (Å²) in [5.41, 5.74) is 11.0. The second kappa shape index (κ2) is 7.82. The maximum Gasteiger partial charge on any atom is 0.251 e. The number of benzene rings is 2. The average Bonchev–Trinajstić information content (AvgIpc) is 2.94. The Labute approximate surface area is 179 Å². The highest BCUT2D eigenvalue weighted by Crippen LogP contribution is 2.46. The van der Waals surface area contributed by atoms with Gasteiger partial charge < -0.3 is 31.4 Å². The van der Waals surface area contributed by atoms with Crippen LogP contribution >= 0.6 is 0 Å². The normalized spacial score (nSPS) is 28.8. The van der Waals surface area contributed by atoms with Gasteiger partial charge in [-0.2, -0.15) is 0 Å². The van der Waals surface area contributed by atoms with Crippen molar-refractivity contribution >= 4 is 11.9 Å². The summed E-state index contributed by atoms with van der Waals surface area (Å²) >= 11 is 0. The lowest BCUT2D eigenvalue weighted by molar-refractivity contribution is -0.00554. The molecule has 2 aromatic rings. The van der Waals surface area contributed by atoms with Gasteiger partial charge in [-0.3, -0.25) is 4.79 Å². The van der Waals surface area contributed by atoms with Gasteiger partial charge in [-0.25, -0.2) is 9.38 Å². The number of hydrogen-bond acceptors (Lipinski definition) is 5. The third-order valence-corrected chi connectivity index (χ3v) is 5.92. The van der Waals surface area contributed by atoms with E-state index >= 15 is 4.39 Å². The molecule has 1 unspecified atom stereocenters. The lowest BCUT2D eigenvalue weighted by Gasteiger charge is -2.30. The van der Waals surface area contributed by atoms with Crippen molar-refractivity contribution < 1.29 is 23.8 Å². The predicted octanol–water partition coefficient (Wildman–Crippen LogP) is 1.44. The molecule has 1 amide bonds. The molecule has 2 aromatic carbocycles. The molecule has 8 nitrogen and oxygen atoms in total. The molecule has 1 heterocycles. The molecule has 2 aliphatic rings. The number of rotatable bonds is 4. The van der Waals surface area contributed by atoms with E-state index in [9.17, 15) is 9.90 Å². The highest BCUT2D eigenvalue weighted by atomic mass is 19.1. The predicted molar refractivity (Wildman–Crippen MR) is 112 cm³/mol. The summed E-state index contributed by atoms with van der Waals surface area (Å²) in [7, 11) is 1.53. The first-order chi connectivity index (χ1) is 14.7. The summed E-state index contributed by atoms with van der Waals surface area (Å²) in [5.74, 6) is -0.0348. The van der Waals surface area contributed by atoms with Crippen LogP contribution in [0.5, 0.6) is 5.75 Å². The molecule has 6 N–H and O–H groups in total. The van der Waals surface area contributed by atoms with Crippen molar-refractivity contribution in [3.05, 3.63) is 64.7 Å². The summed E-state index contributed by atoms with van der Waals surface area (Å²) in [4.78, 5) is 17.3. The molecule has 0 bridgehead atoms. The minimum Gasteiger partial charge on any atom is -0.490 e. The molecule has 9 heteroatoms. The molecule has 0 fully saturated rings. The number of aliphatic hydroxyl groups excluding tert-OH is 1. The van der Waals surface area contributed by atoms with Gasteiger partial charge in [0.2, 0.25) is 0 Å². The van der Waals surface area contributed by atoms with Crippen molar-refractivity contribution in [2.45, 2.75) is 36.9 Å². The number of hydrogen-bond donors (Lipinski definition) is 4. The van der Waals surface area contributed by atoms with Crippen molar-refractivity contribution in [1.29, 1.82) is 0 Å². The lowest BCUT2D eigenvalue weighted by atomic mass is 9.96. The molecule has 0 radical (unpaired) electrons. The van der Waals surface area contributed by atoms with Crippen LogP contribution in [0.1, 0.15) is 46.1 Å². The first-order valence-electron chi connectivity index (χ1n) is 9.89. The van der Waals surface area contributed by atoms with Gasteiger partial charge in [0.15, 0.2) is 11.6 Å². The monoisotopic (exact) mass is 428 g/mol. The van der Waals surface area contributed by atoms with Gasteiger partial charge in [0.25, 0.3) is 5.91 Å². The van der Waals surface area contributed by atoms with E-state index in [0.29, 0.717) is 28.0 Å². The first-order valence-corrected chi connectivity index (χ1v) is 9.89. The van der Waals surface area contributed by atoms with E-state index < -0.39 is 35.9 Å². The van der Waals surface area contributed by atoms with Gasteiger partial charge in [0.1, 0.15) is 30.6 Å². The molecule has 0 spiro atoms. The van der Waals surface area contributed by atoms with Crippen molar-refractivity contribution in [2.75, 3.05) is 13.7 Å². The van der Waals surface area contributed by atoms with Gasteiger partial charge in [0, 0.05) is 18.2 Å². The largest absolute Gasteiger partial charge is 0.490 e. The van der Waals surface area contributed by atoms with Crippen LogP contribution in [0.25, 0.3) is 0 Å². The number of aliphatic imine (C=N–C) groups is 1. The third-order valence-electron chi connectivity index (χ3n) is 5.92. The number of nitrogens with two attached hydrogens (primary N) is 2. The van der Waals surface area contributed by atoms with Crippen LogP contribution in [0.4, 0.5) is 4.39 Å². The summed E-state index contributed by atoms with van der Waals surface area (Å²) < 4.78 is 26.2. The maximum atomic E-state index is 15.1. The number of amides is 1. The Morgan fingerprint density at radius 3 is 2.74 bits per heavy atom. The lowest BCUT2D eigenvalue weighted by Crippen LogP contribution is -2.39. The fraction of sp³-hybridized carbons (Fsp3) is 0.364. The zero-order chi connectivity index (χ0) is 22.3. The Kier molecular flexibility index (Phi) is 5.32. The zero-order valence-corrected chi connectivity index (χ0v) is 17.2. The van der Waals surface area contributed by atoms with Gasteiger partial charge >= 0.3 is 0 Å². The van der Waals surface area contributed by atoms with E-state index in [-0.39, 0.29) is 12.6 Å². The number of aliphatic hydroxyl groups is 1. The van der Waals surface area contributed by atoms with E-state index in [0.717, 1.165) is 0 Å². The standard InChI is InChI=1S/C22H25FN4O4/c1-22(23)14-6-4-3-5-12(14)18(19(22)28)26-20(29)11-7-8-15-13(9-11)17(27-21(24)25)16(30-2)10-31-15/h3-9,16-19,28H,10H2,1-2H3,(H,26,29)(H4,24,25,27)/t16-,17-,18+,19-,22?/m0/s1. The van der Waals surface area contributed by atoms with E-state index in [1.807, 2.05) is 0 Å². The highest BCUT2D eigenvalue weighted by Gasteiger charge is 2.49. The number of ether oxygens (including phenoxy) is 2. The number of nitrogens with one attached hydrogen (secondary N) is 1. The minimum atomic E-state index is -1.97. The molecule has 31 heavy (non-hydrogen) atoms. The molecule has 164 valence electrons. The number of halogens is 1. The minimum absolute atomic E-state index is 0.109. The molecule has 0 saturated carbocycles. The number of fused-ring (bicyclic) bond motifs is 2. The molecule has 0 aromatic heterocycles. The molecule has 0 saturated heterocycles. The van der Waals surface area contributed by atoms with Gasteiger partial charge in [-0.15, -0.1) is 0 Å². The molecule has 1 aliphatic carbocycles. The molecular formula is C22H25FN4O4. The van der Waals surface area contributed by atoms with Crippen molar-refractivity contribution in [1.82, 2.24) is 5.32 Å². The van der Waals surface area contributed by atoms with E-state index in [1.54, 1.807) is 42.5 Å². The van der Waals surface area contributed by atoms with Crippen molar-refractivity contribution in [3.63, 3.8) is 0 Å². The maximum absolute atomic E-state index is 15.1. The summed E-state index contributed by atoms with van der Waals surface area (Å²) in [5, 5.41) is 13.3. The molecule has 5 atom stereocenters. The molecule has 1 aliphatic heterocycles. The second-order valence-electron chi connectivity index (χ2n) is 7.90. The first kappa shape index (κ1) is 21.1. The number of carbonyl (C=O) groups is 1. The highest BCUT2D eigenvalue weighted by molar-refractivity contribution is 5.95. The van der Waals surface area contributed by atoms with Gasteiger partial charge in [-0.05, 0) is 36.2 Å². The number of guanidine groups is 1. The Morgan fingerprint density at radius 2 is 2.03 bits per heavy atom. The topological polar surface area (TPSA) is 132 Å². The van der Waals surface area contributed by atoms with Crippen LogP contribution in [0.2, 0.25) is 0 Å². The molecule has 4 rings (SSSR count). The van der Waals surface area contributed by atoms with Crippen molar-refractivity contribution in [2.24, 2.45) is 16.5 Å². The van der Waals surface area contributed by atoms with E-state index in [4.69, 9.17) is 20.9 Å². The van der Waals surface area contributed by atoms with Gasteiger partial charge in [0.05, 0.1) is 6.04 Å². The summed E-state index contributed by atoms with van der Waals surface area (Å²) in [6.07, 6.45) is -1.84. The van der Waals surface area contributed by atoms with Crippen LogP contribution in [-0.2, 0) is 10.4 Å². The number of nitrogens with zero attached hydrogens (tertiary/aromatic N) is 1. The fourth-order valence-corrected chi connectivity index (χ4v) is 4.26. The molecular weight excluding hydrogens is 403 g/mol. The number of methoxy groups -OCH3 is 1.